The fourth-order valence-electron chi connectivity index (χ4n) is 3.10. The van der Waals surface area contributed by atoms with Gasteiger partial charge < -0.3 is 13.8 Å². The normalized spacial score (nSPS) is 27.1. The molecule has 132 valence electrons. The molecule has 0 N–H and O–H groups in total. The maximum Gasteiger partial charge on any atom is 0.293 e. The first kappa shape index (κ1) is 21.7. The lowest BCUT2D eigenvalue weighted by Gasteiger charge is -2.14. The molecule has 3 atom stereocenters. The fourth-order valence-corrected chi connectivity index (χ4v) is 3.43. The van der Waals surface area contributed by atoms with E-state index in [2.05, 4.69) is 16.7 Å². The monoisotopic (exact) mass is 333 g/mol. The van der Waals surface area contributed by atoms with Gasteiger partial charge in [-0.05, 0) is 70.5 Å². The van der Waals surface area contributed by atoms with Gasteiger partial charge in [0.1, 0.15) is 5.60 Å². The molecule has 4 nitrogen and oxygen atoms in total. The first-order valence-electron chi connectivity index (χ1n) is 8.31. The molecule has 22 heavy (non-hydrogen) atoms. The van der Waals surface area contributed by atoms with Gasteiger partial charge in [-0.3, -0.25) is 4.79 Å². The highest BCUT2D eigenvalue weighted by Crippen LogP contribution is 2.41. The maximum absolute atomic E-state index is 9.60. The molecule has 2 aliphatic rings. The Hall–Kier alpha value is -0.260. The van der Waals surface area contributed by atoms with Gasteiger partial charge in [-0.25, -0.2) is 0 Å². The number of fused-ring (bicyclic) bond motifs is 1. The summed E-state index contributed by atoms with van der Waals surface area (Å²) in [4.78, 5) is 12.1. The van der Waals surface area contributed by atoms with Crippen molar-refractivity contribution in [1.82, 2.24) is 4.90 Å². The summed E-state index contributed by atoms with van der Waals surface area (Å²) in [5.74, 6) is 2.79. The highest BCUT2D eigenvalue weighted by atomic mass is 32.2. The zero-order valence-electron chi connectivity index (χ0n) is 15.4. The van der Waals surface area contributed by atoms with Crippen LogP contribution in [-0.2, 0) is 13.7 Å². The average molecular weight is 334 g/mol. The number of likely N-dealkylation sites (tertiary alicyclic amines) is 1. The minimum atomic E-state index is -0.318. The van der Waals surface area contributed by atoms with Crippen LogP contribution in [0.15, 0.2) is 0 Å². The maximum atomic E-state index is 9.60. The zero-order valence-corrected chi connectivity index (χ0v) is 16.2. The molecule has 0 aromatic carbocycles. The van der Waals surface area contributed by atoms with Crippen LogP contribution in [0.4, 0.5) is 0 Å². The minimum absolute atomic E-state index is 0.318. The number of carbonyl (C=O) groups is 1. The smallest absolute Gasteiger partial charge is 0.293 e. The minimum Gasteiger partial charge on any atom is -0.462 e. The average Bonchev–Trinajstić information content (AvgIpc) is 2.94. The Labute approximate surface area is 141 Å². The summed E-state index contributed by atoms with van der Waals surface area (Å²) in [5.41, 5.74) is -0.318. The Bertz CT molecular complexity index is 280. The number of hydrogen-bond acceptors (Lipinski definition) is 5. The highest BCUT2D eigenvalue weighted by molar-refractivity contribution is 7.93. The van der Waals surface area contributed by atoms with Crippen molar-refractivity contribution in [3.8, 4) is 0 Å². The topological polar surface area (TPSA) is 38.8 Å². The molecule has 0 radical (unpaired) electrons. The van der Waals surface area contributed by atoms with Crippen LogP contribution in [-0.4, -0.2) is 50.0 Å². The predicted molar refractivity (Wildman–Crippen MR) is 94.9 cm³/mol. The molecule has 2 fully saturated rings. The van der Waals surface area contributed by atoms with E-state index in [1.165, 1.54) is 38.0 Å². The van der Waals surface area contributed by atoms with Crippen molar-refractivity contribution in [3.05, 3.63) is 0 Å². The van der Waals surface area contributed by atoms with Crippen LogP contribution in [0.2, 0.25) is 0 Å². The van der Waals surface area contributed by atoms with Crippen molar-refractivity contribution in [2.45, 2.75) is 53.1 Å². The second kappa shape index (κ2) is 11.3. The second-order valence-electron chi connectivity index (χ2n) is 6.86. The molecule has 1 aliphatic carbocycles. The van der Waals surface area contributed by atoms with E-state index >= 15 is 0 Å². The largest absolute Gasteiger partial charge is 0.462 e. The summed E-state index contributed by atoms with van der Waals surface area (Å²) in [6.45, 7) is 13.5. The first-order chi connectivity index (χ1) is 10.4. The molecule has 1 unspecified atom stereocenters. The molecule has 0 spiro atoms. The second-order valence-corrected chi connectivity index (χ2v) is 7.43. The lowest BCUT2D eigenvalue weighted by molar-refractivity contribution is -0.138. The third-order valence-corrected chi connectivity index (χ3v) is 4.23. The highest BCUT2D eigenvalue weighted by Gasteiger charge is 2.39. The molecule has 1 saturated carbocycles. The van der Waals surface area contributed by atoms with E-state index in [-0.39, 0.29) is 5.60 Å². The van der Waals surface area contributed by atoms with Gasteiger partial charge in [-0.15, -0.1) is 0 Å². The van der Waals surface area contributed by atoms with Crippen LogP contribution < -0.4 is 0 Å². The lowest BCUT2D eigenvalue weighted by Crippen LogP contribution is -2.17. The van der Waals surface area contributed by atoms with Crippen molar-refractivity contribution in [2.75, 3.05) is 33.0 Å². The van der Waals surface area contributed by atoms with Crippen LogP contribution in [0.3, 0.4) is 0 Å². The molecule has 1 heterocycles. The molecule has 1 aliphatic heterocycles. The summed E-state index contributed by atoms with van der Waals surface area (Å²) in [6.07, 6.45) is 4.80. The molecule has 0 bridgehead atoms. The van der Waals surface area contributed by atoms with E-state index in [4.69, 9.17) is 4.18 Å². The Kier molecular flexibility index (Phi) is 11.2. The zero-order chi connectivity index (χ0) is 17.2. The fraction of sp³-hybridized carbons (Fsp3) is 0.941. The van der Waals surface area contributed by atoms with E-state index < -0.39 is 0 Å². The van der Waals surface area contributed by atoms with E-state index in [9.17, 15) is 4.79 Å². The van der Waals surface area contributed by atoms with Gasteiger partial charge in [-0.1, -0.05) is 13.8 Å². The molecule has 5 heteroatoms. The van der Waals surface area contributed by atoms with Crippen molar-refractivity contribution in [3.63, 3.8) is 0 Å². The third-order valence-electron chi connectivity index (χ3n) is 3.85. The van der Waals surface area contributed by atoms with Crippen molar-refractivity contribution >= 4 is 18.5 Å². The van der Waals surface area contributed by atoms with Gasteiger partial charge in [0.2, 0.25) is 0 Å². The Morgan fingerprint density at radius 3 is 2.00 bits per heavy atom. The summed E-state index contributed by atoms with van der Waals surface area (Å²) in [7, 11) is 2.24. The lowest BCUT2D eigenvalue weighted by atomic mass is 10.0. The summed E-state index contributed by atoms with van der Waals surface area (Å²) in [6, 6.07) is 0. The van der Waals surface area contributed by atoms with Crippen molar-refractivity contribution in [2.24, 2.45) is 17.8 Å². The number of rotatable bonds is 4. The number of ether oxygens (including phenoxy) is 1. The summed E-state index contributed by atoms with van der Waals surface area (Å²) < 4.78 is 9.96. The molecule has 0 aromatic heterocycles. The number of hydrogen-bond donors (Lipinski definition) is 0. The van der Waals surface area contributed by atoms with Gasteiger partial charge in [0, 0.05) is 19.3 Å². The SMILES string of the molecule is CC.CC(C)(C)OC=O.CSOCC1C[C@@H]2CN(C)C[C@@H]2C1. The van der Waals surface area contributed by atoms with E-state index in [1.807, 2.05) is 40.9 Å². The van der Waals surface area contributed by atoms with E-state index in [1.54, 1.807) is 0 Å². The summed E-state index contributed by atoms with van der Waals surface area (Å²) >= 11 is 1.51. The van der Waals surface area contributed by atoms with Crippen LogP contribution in [0.25, 0.3) is 0 Å². The van der Waals surface area contributed by atoms with Gasteiger partial charge in [0.15, 0.2) is 0 Å². The molecular formula is C17H35NO3S. The quantitative estimate of drug-likeness (QED) is 0.577. The van der Waals surface area contributed by atoms with Gasteiger partial charge in [0.05, 0.1) is 6.61 Å². The summed E-state index contributed by atoms with van der Waals surface area (Å²) in [5, 5.41) is 0. The van der Waals surface area contributed by atoms with Gasteiger partial charge in [-0.2, -0.15) is 0 Å². The van der Waals surface area contributed by atoms with Crippen molar-refractivity contribution < 1.29 is 13.7 Å². The van der Waals surface area contributed by atoms with Crippen LogP contribution in [0.5, 0.6) is 0 Å². The van der Waals surface area contributed by atoms with Crippen LogP contribution in [0.1, 0.15) is 47.5 Å². The Morgan fingerprint density at radius 2 is 1.68 bits per heavy atom. The van der Waals surface area contributed by atoms with Crippen LogP contribution in [0, 0.1) is 17.8 Å². The number of carbonyl (C=O) groups excluding carboxylic acids is 1. The Morgan fingerprint density at radius 1 is 1.18 bits per heavy atom. The molecule has 2 rings (SSSR count). The van der Waals surface area contributed by atoms with E-state index in [0.29, 0.717) is 6.47 Å². The molecule has 0 aromatic rings. The third kappa shape index (κ3) is 9.01. The van der Waals surface area contributed by atoms with Gasteiger partial charge >= 0.3 is 0 Å². The number of nitrogens with zero attached hydrogens (tertiary/aromatic N) is 1. The molecular weight excluding hydrogens is 298 g/mol. The first-order valence-corrected chi connectivity index (χ1v) is 9.46. The molecule has 0 amide bonds. The molecule has 1 saturated heterocycles. The van der Waals surface area contributed by atoms with Crippen LogP contribution >= 0.6 is 12.0 Å². The van der Waals surface area contributed by atoms with Gasteiger partial charge in [0.25, 0.3) is 6.47 Å². The standard InChI is InChI=1S/C10H19NOS.C5H10O2.C2H6/c1-11-5-9-3-8(7-12-13-2)4-10(9)6-11;1-5(2,3)7-4-6;1-2/h8-10H,3-7H2,1-2H3;4H,1-3H3;1-2H3/t8?,9-,10+;;. The predicted octanol–water partition coefficient (Wildman–Crippen LogP) is 3.85. The Balaban J connectivity index is 0.000000421. The van der Waals surface area contributed by atoms with E-state index in [0.717, 1.165) is 24.4 Å². The van der Waals surface area contributed by atoms with Crippen molar-refractivity contribution in [1.29, 1.82) is 0 Å².